The summed E-state index contributed by atoms with van der Waals surface area (Å²) < 4.78 is 9.58. The van der Waals surface area contributed by atoms with Gasteiger partial charge in [0.15, 0.2) is 0 Å². The van der Waals surface area contributed by atoms with E-state index in [-0.39, 0.29) is 35.7 Å². The van der Waals surface area contributed by atoms with Crippen molar-refractivity contribution in [1.29, 1.82) is 0 Å². The first-order chi connectivity index (χ1) is 27.4. The van der Waals surface area contributed by atoms with Gasteiger partial charge in [-0.3, -0.25) is 14.6 Å². The number of hydrogen-bond acceptors (Lipinski definition) is 8. The topological polar surface area (TPSA) is 158 Å². The van der Waals surface area contributed by atoms with Gasteiger partial charge in [-0.1, -0.05) is 70.2 Å². The Kier molecular flexibility index (Phi) is 11.8. The van der Waals surface area contributed by atoms with Gasteiger partial charge in [-0.2, -0.15) is 0 Å². The van der Waals surface area contributed by atoms with Gasteiger partial charge < -0.3 is 34.9 Å². The quantitative estimate of drug-likeness (QED) is 0.206. The molecule has 3 N–H and O–H groups in total. The highest BCUT2D eigenvalue weighted by Crippen LogP contribution is 2.38. The van der Waals surface area contributed by atoms with Gasteiger partial charge in [0, 0.05) is 37.3 Å². The summed E-state index contributed by atoms with van der Waals surface area (Å²) in [5.74, 6) is 0.354. The molecule has 2 saturated heterocycles. The van der Waals surface area contributed by atoms with Gasteiger partial charge in [0.1, 0.15) is 17.9 Å². The lowest BCUT2D eigenvalue weighted by Crippen LogP contribution is -2.53. The first-order valence-electron chi connectivity index (χ1n) is 20.3. The lowest BCUT2D eigenvalue weighted by molar-refractivity contribution is -0.135. The molecule has 4 heterocycles. The lowest BCUT2D eigenvalue weighted by Gasteiger charge is -2.31. The molecule has 4 aliphatic rings. The fourth-order valence-electron chi connectivity index (χ4n) is 8.82. The van der Waals surface area contributed by atoms with Gasteiger partial charge in [0.05, 0.1) is 38.2 Å². The summed E-state index contributed by atoms with van der Waals surface area (Å²) in [6, 6.07) is 13.6. The molecule has 3 aromatic rings. The predicted molar refractivity (Wildman–Crippen MR) is 217 cm³/mol. The Morgan fingerprint density at radius 1 is 0.737 bits per heavy atom. The number of aryl methyl sites for hydroxylation is 1. The minimum atomic E-state index is -0.683. The fraction of sp³-hybridized carbons (Fsp3) is 0.500. The molecule has 3 aliphatic heterocycles. The number of methoxy groups -OCH3 is 2. The molecular formula is C44H55N7O6. The van der Waals surface area contributed by atoms with Crippen molar-refractivity contribution in [2.24, 2.45) is 16.8 Å². The predicted octanol–water partition coefficient (Wildman–Crippen LogP) is 6.75. The van der Waals surface area contributed by atoms with Crippen LogP contribution >= 0.6 is 0 Å². The third-order valence-electron chi connectivity index (χ3n) is 12.0. The van der Waals surface area contributed by atoms with Crippen LogP contribution in [0.1, 0.15) is 89.2 Å². The van der Waals surface area contributed by atoms with Crippen molar-refractivity contribution >= 4 is 29.7 Å². The highest BCUT2D eigenvalue weighted by atomic mass is 16.5. The standard InChI is InChI=1S/C44H55N7O6/c1-25(2)38(48-43(54)56-5)41(52)50-19-7-9-36(50)34-22-31-18-14-28-13-17-30(21-32(28)23-33(31)46-34)27-11-15-29(16-12-27)35-24-45-40(47-35)37-10-8-20-51(37)42(53)39(26(3)4)49-44(55)57-6/h11-13,15-17,21,24-26,36-39H,7-10,14,18-20,22-23H2,1-6H3,(H,45,47)(H,48,54)(H,49,55)/t36-,37-,38-,39-/m0/s1. The van der Waals surface area contributed by atoms with Crippen LogP contribution < -0.4 is 10.6 Å². The number of imidazole rings is 1. The van der Waals surface area contributed by atoms with Crippen LogP contribution in [0.25, 0.3) is 22.4 Å². The summed E-state index contributed by atoms with van der Waals surface area (Å²) in [5, 5.41) is 5.46. The minimum absolute atomic E-state index is 0.0625. The van der Waals surface area contributed by atoms with E-state index in [1.54, 1.807) is 0 Å². The number of carbonyl (C=O) groups is 4. The van der Waals surface area contributed by atoms with E-state index in [2.05, 4.69) is 58.1 Å². The Bertz CT molecular complexity index is 2070. The van der Waals surface area contributed by atoms with Crippen LogP contribution in [-0.4, -0.2) is 94.9 Å². The number of carbonyl (C=O) groups excluding carboxylic acids is 4. The molecule has 57 heavy (non-hydrogen) atoms. The monoisotopic (exact) mass is 777 g/mol. The van der Waals surface area contributed by atoms with Crippen molar-refractivity contribution in [3.63, 3.8) is 0 Å². The zero-order chi connectivity index (χ0) is 40.4. The third kappa shape index (κ3) is 8.33. The number of allylic oxidation sites excluding steroid dienone is 2. The average molecular weight is 778 g/mol. The van der Waals surface area contributed by atoms with E-state index < -0.39 is 24.3 Å². The molecule has 4 amide bonds. The zero-order valence-electron chi connectivity index (χ0n) is 33.9. The van der Waals surface area contributed by atoms with Gasteiger partial charge in [0.2, 0.25) is 11.8 Å². The number of nitrogens with zero attached hydrogens (tertiary/aromatic N) is 4. The summed E-state index contributed by atoms with van der Waals surface area (Å²) in [7, 11) is 2.61. The molecule has 0 saturated carbocycles. The van der Waals surface area contributed by atoms with Crippen LogP contribution in [0.3, 0.4) is 0 Å². The molecule has 13 nitrogen and oxygen atoms in total. The van der Waals surface area contributed by atoms with Crippen LogP contribution in [-0.2, 0) is 31.9 Å². The Morgan fingerprint density at radius 2 is 1.32 bits per heavy atom. The molecule has 1 aromatic heterocycles. The van der Waals surface area contributed by atoms with Crippen molar-refractivity contribution in [3.8, 4) is 22.4 Å². The van der Waals surface area contributed by atoms with Crippen LogP contribution in [0.2, 0.25) is 0 Å². The van der Waals surface area contributed by atoms with Crippen LogP contribution in [0, 0.1) is 11.8 Å². The minimum Gasteiger partial charge on any atom is -0.453 e. The van der Waals surface area contributed by atoms with Crippen LogP contribution in [0.5, 0.6) is 0 Å². The molecule has 0 unspecified atom stereocenters. The molecule has 13 heteroatoms. The number of amides is 4. The lowest BCUT2D eigenvalue weighted by atomic mass is 9.95. The normalized spacial score (nSPS) is 20.2. The first-order valence-corrected chi connectivity index (χ1v) is 20.3. The second-order valence-electron chi connectivity index (χ2n) is 16.3. The van der Waals surface area contributed by atoms with Gasteiger partial charge >= 0.3 is 12.2 Å². The molecule has 302 valence electrons. The zero-order valence-corrected chi connectivity index (χ0v) is 33.9. The number of aromatic nitrogens is 2. The number of aliphatic imine (C=N–C) groups is 1. The molecule has 2 aromatic carbocycles. The molecule has 0 radical (unpaired) electrons. The Balaban J connectivity index is 1.03. The van der Waals surface area contributed by atoms with Crippen LogP contribution in [0.4, 0.5) is 9.59 Å². The van der Waals surface area contributed by atoms with E-state index in [9.17, 15) is 19.2 Å². The van der Waals surface area contributed by atoms with Gasteiger partial charge in [-0.15, -0.1) is 0 Å². The second kappa shape index (κ2) is 17.0. The Morgan fingerprint density at radius 3 is 1.93 bits per heavy atom. The molecule has 1 aliphatic carbocycles. The van der Waals surface area contributed by atoms with Crippen LogP contribution in [0.15, 0.2) is 64.9 Å². The number of likely N-dealkylation sites (tertiary alicyclic amines) is 2. The second-order valence-corrected chi connectivity index (χ2v) is 16.3. The molecular weight excluding hydrogens is 723 g/mol. The smallest absolute Gasteiger partial charge is 0.407 e. The largest absolute Gasteiger partial charge is 0.453 e. The summed E-state index contributed by atoms with van der Waals surface area (Å²) in [5.41, 5.74) is 10.3. The number of alkyl carbamates (subject to hydrolysis) is 2. The van der Waals surface area contributed by atoms with Gasteiger partial charge in [-0.25, -0.2) is 14.6 Å². The Hall–Kier alpha value is -5.46. The maximum Gasteiger partial charge on any atom is 0.407 e. The number of benzene rings is 2. The maximum absolute atomic E-state index is 13.7. The van der Waals surface area contributed by atoms with Gasteiger partial charge in [-0.05, 0) is 83.8 Å². The van der Waals surface area contributed by atoms with E-state index in [4.69, 9.17) is 19.5 Å². The van der Waals surface area contributed by atoms with Crippen molar-refractivity contribution < 1.29 is 28.7 Å². The number of fused-ring (bicyclic) bond motifs is 1. The Labute approximate surface area is 334 Å². The number of aromatic amines is 1. The fourth-order valence-corrected chi connectivity index (χ4v) is 8.82. The first kappa shape index (κ1) is 39.8. The van der Waals surface area contributed by atoms with E-state index in [1.807, 2.05) is 43.7 Å². The number of H-pyrrole nitrogens is 1. The number of ether oxygens (including phenoxy) is 2. The van der Waals surface area contributed by atoms with E-state index in [1.165, 1.54) is 30.9 Å². The average Bonchev–Trinajstić information content (AvgIpc) is 4.04. The molecule has 0 bridgehead atoms. The van der Waals surface area contributed by atoms with E-state index in [0.717, 1.165) is 91.0 Å². The van der Waals surface area contributed by atoms with Crippen molar-refractivity contribution in [2.45, 2.75) is 103 Å². The van der Waals surface area contributed by atoms with Gasteiger partial charge in [0.25, 0.3) is 0 Å². The highest BCUT2D eigenvalue weighted by Gasteiger charge is 2.40. The number of rotatable bonds is 10. The van der Waals surface area contributed by atoms with E-state index in [0.29, 0.717) is 13.1 Å². The summed E-state index contributed by atoms with van der Waals surface area (Å²) >= 11 is 0. The SMILES string of the molecule is COC(=O)N[C@H](C(=O)N1CCC[C@H]1C1=NC2=C(CCc3ccc(-c4ccc(-c5cnc([C@@H]6CCCN6C(=O)[C@@H](NC(=O)OC)C(C)C)[nH]5)cc4)cc3C2)C1)C(C)C. The number of hydrogen-bond donors (Lipinski definition) is 3. The van der Waals surface area contributed by atoms with E-state index >= 15 is 0 Å². The third-order valence-corrected chi connectivity index (χ3v) is 12.0. The molecule has 2 fully saturated rings. The summed E-state index contributed by atoms with van der Waals surface area (Å²) in [6.45, 7) is 8.94. The van der Waals surface area contributed by atoms with Crippen molar-refractivity contribution in [1.82, 2.24) is 30.4 Å². The van der Waals surface area contributed by atoms with Crippen molar-refractivity contribution in [2.75, 3.05) is 27.3 Å². The summed E-state index contributed by atoms with van der Waals surface area (Å²) in [6.07, 6.45) is 7.48. The summed E-state index contributed by atoms with van der Waals surface area (Å²) in [4.78, 5) is 68.5. The number of nitrogens with one attached hydrogen (secondary N) is 3. The molecule has 7 rings (SSSR count). The molecule has 0 spiro atoms. The molecule has 4 atom stereocenters. The highest BCUT2D eigenvalue weighted by molar-refractivity contribution is 5.99. The van der Waals surface area contributed by atoms with Crippen molar-refractivity contribution in [3.05, 3.63) is 76.9 Å². The maximum atomic E-state index is 13.7.